The van der Waals surface area contributed by atoms with Crippen molar-refractivity contribution in [3.05, 3.63) is 35.4 Å². The molecule has 2 aliphatic carbocycles. The topological polar surface area (TPSA) is 80.8 Å². The highest BCUT2D eigenvalue weighted by atomic mass is 16.5. The van der Waals surface area contributed by atoms with Crippen LogP contribution in [0.4, 0.5) is 0 Å². The minimum Gasteiger partial charge on any atom is -0.456 e. The van der Waals surface area contributed by atoms with Gasteiger partial charge in [-0.15, -0.1) is 0 Å². The van der Waals surface area contributed by atoms with Crippen LogP contribution in [0, 0.1) is 30.6 Å². The smallest absolute Gasteiger partial charge is 0.329 e. The van der Waals surface area contributed by atoms with Crippen LogP contribution in [0.25, 0.3) is 0 Å². The summed E-state index contributed by atoms with van der Waals surface area (Å²) in [6.07, 6.45) is 2.93. The van der Waals surface area contributed by atoms with Crippen molar-refractivity contribution in [1.29, 1.82) is 0 Å². The average molecular weight is 369 g/mol. The molecule has 4 rings (SSSR count). The van der Waals surface area contributed by atoms with Crippen molar-refractivity contribution >= 4 is 23.6 Å². The van der Waals surface area contributed by atoms with Gasteiger partial charge in [0.15, 0.2) is 12.4 Å². The van der Waals surface area contributed by atoms with Crippen LogP contribution in [0.2, 0.25) is 0 Å². The summed E-state index contributed by atoms with van der Waals surface area (Å²) in [6.45, 7) is 3.01. The second-order valence-corrected chi connectivity index (χ2v) is 8.00. The summed E-state index contributed by atoms with van der Waals surface area (Å²) in [5.74, 6) is -1.51. The number of hydrogen-bond acceptors (Lipinski definition) is 5. The van der Waals surface area contributed by atoms with Gasteiger partial charge in [0.2, 0.25) is 11.8 Å². The molecular formula is C21H23NO5. The molecule has 27 heavy (non-hydrogen) atoms. The van der Waals surface area contributed by atoms with Crippen LogP contribution >= 0.6 is 0 Å². The highest BCUT2D eigenvalue weighted by Crippen LogP contribution is 2.56. The Kier molecular flexibility index (Phi) is 4.36. The Morgan fingerprint density at radius 2 is 1.63 bits per heavy atom. The van der Waals surface area contributed by atoms with Gasteiger partial charge >= 0.3 is 5.97 Å². The van der Waals surface area contributed by atoms with Crippen molar-refractivity contribution in [2.45, 2.75) is 39.2 Å². The summed E-state index contributed by atoms with van der Waals surface area (Å²) >= 11 is 0. The molecule has 0 aromatic heterocycles. The Labute approximate surface area is 157 Å². The first-order chi connectivity index (χ1) is 12.9. The maximum absolute atomic E-state index is 12.8. The SMILES string of the molecule is Cc1ccc(C(=O)COC(=O)[C@@H](C)N2C(=O)[C@@H]3[C@@H]4CC[C@@H](C4)[C@@H]3C2=O)cc1. The maximum Gasteiger partial charge on any atom is 0.329 e. The summed E-state index contributed by atoms with van der Waals surface area (Å²) in [5.41, 5.74) is 1.49. The monoisotopic (exact) mass is 369 g/mol. The molecule has 1 aromatic rings. The molecule has 0 unspecified atom stereocenters. The third-order valence-corrected chi connectivity index (χ3v) is 6.41. The van der Waals surface area contributed by atoms with Gasteiger partial charge in [-0.25, -0.2) is 4.79 Å². The first kappa shape index (κ1) is 17.9. The summed E-state index contributed by atoms with van der Waals surface area (Å²) < 4.78 is 5.12. The quantitative estimate of drug-likeness (QED) is 0.451. The summed E-state index contributed by atoms with van der Waals surface area (Å²) in [6, 6.07) is 5.98. The molecule has 3 aliphatic rings. The van der Waals surface area contributed by atoms with E-state index in [9.17, 15) is 19.2 Å². The van der Waals surface area contributed by atoms with Gasteiger partial charge in [-0.05, 0) is 44.9 Å². The molecule has 5 atom stereocenters. The van der Waals surface area contributed by atoms with Crippen molar-refractivity contribution in [3.63, 3.8) is 0 Å². The molecule has 142 valence electrons. The molecule has 6 nitrogen and oxygen atoms in total. The average Bonchev–Trinajstić information content (AvgIpc) is 3.33. The summed E-state index contributed by atoms with van der Waals surface area (Å²) in [5, 5.41) is 0. The third-order valence-electron chi connectivity index (χ3n) is 6.41. The number of aryl methyl sites for hydroxylation is 1. The highest BCUT2D eigenvalue weighted by molar-refractivity contribution is 6.08. The van der Waals surface area contributed by atoms with Crippen molar-refractivity contribution in [2.75, 3.05) is 6.61 Å². The van der Waals surface area contributed by atoms with Crippen LogP contribution in [-0.2, 0) is 19.1 Å². The van der Waals surface area contributed by atoms with E-state index in [2.05, 4.69) is 0 Å². The lowest BCUT2D eigenvalue weighted by Crippen LogP contribution is -2.45. The second kappa shape index (κ2) is 6.59. The normalized spacial score (nSPS) is 29.8. The van der Waals surface area contributed by atoms with Crippen LogP contribution < -0.4 is 0 Å². The van der Waals surface area contributed by atoms with Crippen molar-refractivity contribution < 1.29 is 23.9 Å². The van der Waals surface area contributed by atoms with Crippen LogP contribution in [0.15, 0.2) is 24.3 Å². The van der Waals surface area contributed by atoms with Crippen LogP contribution in [-0.4, -0.2) is 41.1 Å². The second-order valence-electron chi connectivity index (χ2n) is 8.00. The van der Waals surface area contributed by atoms with Crippen LogP contribution in [0.1, 0.15) is 42.1 Å². The largest absolute Gasteiger partial charge is 0.456 e. The fraction of sp³-hybridized carbons (Fsp3) is 0.524. The van der Waals surface area contributed by atoms with E-state index in [0.717, 1.165) is 29.7 Å². The van der Waals surface area contributed by atoms with E-state index in [4.69, 9.17) is 4.74 Å². The minimum atomic E-state index is -0.999. The number of imide groups is 1. The van der Waals surface area contributed by atoms with Gasteiger partial charge in [-0.3, -0.25) is 19.3 Å². The maximum atomic E-state index is 12.8. The molecule has 2 amide bonds. The van der Waals surface area contributed by atoms with Gasteiger partial charge in [0.25, 0.3) is 0 Å². The summed E-state index contributed by atoms with van der Waals surface area (Å²) in [7, 11) is 0. The van der Waals surface area contributed by atoms with E-state index in [-0.39, 0.29) is 41.3 Å². The number of rotatable bonds is 5. The van der Waals surface area contributed by atoms with Gasteiger partial charge in [-0.1, -0.05) is 29.8 Å². The Morgan fingerprint density at radius 3 is 2.19 bits per heavy atom. The van der Waals surface area contributed by atoms with E-state index < -0.39 is 18.6 Å². The van der Waals surface area contributed by atoms with Crippen LogP contribution in [0.3, 0.4) is 0 Å². The molecule has 2 saturated carbocycles. The van der Waals surface area contributed by atoms with E-state index >= 15 is 0 Å². The number of hydrogen-bond donors (Lipinski definition) is 0. The van der Waals surface area contributed by atoms with Gasteiger partial charge in [0.05, 0.1) is 11.8 Å². The standard InChI is InChI=1S/C21H23NO5/c1-11-3-5-13(6-4-11)16(23)10-27-21(26)12(2)22-19(24)17-14-7-8-15(9-14)18(17)20(22)25/h3-6,12,14-15,17-18H,7-10H2,1-2H3/t12-,14-,15+,17-,18+/m1/s1. The van der Waals surface area contributed by atoms with Gasteiger partial charge in [0, 0.05) is 5.56 Å². The molecular weight excluding hydrogens is 346 g/mol. The molecule has 0 radical (unpaired) electrons. The number of ketones is 1. The zero-order valence-electron chi connectivity index (χ0n) is 15.5. The fourth-order valence-electron chi connectivity index (χ4n) is 5.00. The lowest BCUT2D eigenvalue weighted by molar-refractivity contribution is -0.157. The predicted molar refractivity (Wildman–Crippen MR) is 95.6 cm³/mol. The number of Topliss-reactive ketones (excluding diaryl/α,β-unsaturated/α-hetero) is 1. The van der Waals surface area contributed by atoms with Crippen molar-refractivity contribution in [2.24, 2.45) is 23.7 Å². The molecule has 1 aliphatic heterocycles. The lowest BCUT2D eigenvalue weighted by Gasteiger charge is -2.22. The number of benzene rings is 1. The number of ether oxygens (including phenoxy) is 1. The molecule has 0 N–H and O–H groups in total. The number of carbonyl (C=O) groups excluding carboxylic acids is 4. The van der Waals surface area contributed by atoms with Crippen molar-refractivity contribution in [1.82, 2.24) is 4.90 Å². The number of esters is 1. The first-order valence-corrected chi connectivity index (χ1v) is 9.52. The third kappa shape index (κ3) is 2.87. The Hall–Kier alpha value is -2.50. The minimum absolute atomic E-state index is 0.244. The van der Waals surface area contributed by atoms with E-state index in [1.807, 2.05) is 19.1 Å². The van der Waals surface area contributed by atoms with Gasteiger partial charge < -0.3 is 4.74 Å². The van der Waals surface area contributed by atoms with Gasteiger partial charge in [-0.2, -0.15) is 0 Å². The molecule has 0 spiro atoms. The highest BCUT2D eigenvalue weighted by Gasteiger charge is 2.62. The zero-order chi connectivity index (χ0) is 19.3. The number of amides is 2. The number of fused-ring (bicyclic) bond motifs is 5. The van der Waals surface area contributed by atoms with Crippen LogP contribution in [0.5, 0.6) is 0 Å². The molecule has 1 saturated heterocycles. The van der Waals surface area contributed by atoms with E-state index in [0.29, 0.717) is 5.56 Å². The first-order valence-electron chi connectivity index (χ1n) is 9.52. The zero-order valence-corrected chi connectivity index (χ0v) is 15.5. The lowest BCUT2D eigenvalue weighted by atomic mass is 9.81. The Balaban J connectivity index is 1.39. The molecule has 3 fully saturated rings. The van der Waals surface area contributed by atoms with E-state index in [1.165, 1.54) is 6.92 Å². The molecule has 2 bridgehead atoms. The molecule has 6 heteroatoms. The Bertz CT molecular complexity index is 786. The van der Waals surface area contributed by atoms with Crippen molar-refractivity contribution in [3.8, 4) is 0 Å². The molecule has 1 aromatic carbocycles. The predicted octanol–water partition coefficient (Wildman–Crippen LogP) is 2.14. The number of likely N-dealkylation sites (tertiary alicyclic amines) is 1. The number of carbonyl (C=O) groups is 4. The number of nitrogens with zero attached hydrogens (tertiary/aromatic N) is 1. The fourth-order valence-corrected chi connectivity index (χ4v) is 5.00. The Morgan fingerprint density at radius 1 is 1.07 bits per heavy atom. The van der Waals surface area contributed by atoms with Gasteiger partial charge in [0.1, 0.15) is 6.04 Å². The summed E-state index contributed by atoms with van der Waals surface area (Å²) in [4.78, 5) is 51.1. The molecule has 1 heterocycles. The van der Waals surface area contributed by atoms with E-state index in [1.54, 1.807) is 12.1 Å².